The largest absolute Gasteiger partial charge is 0.383 e. The van der Waals surface area contributed by atoms with Gasteiger partial charge in [0.1, 0.15) is 0 Å². The van der Waals surface area contributed by atoms with E-state index >= 15 is 0 Å². The molecule has 0 aliphatic carbocycles. The van der Waals surface area contributed by atoms with Crippen molar-refractivity contribution in [3.8, 4) is 12.0 Å². The smallest absolute Gasteiger partial charge is 0.300 e. The first-order valence-corrected chi connectivity index (χ1v) is 5.82. The summed E-state index contributed by atoms with van der Waals surface area (Å²) >= 11 is 0. The van der Waals surface area contributed by atoms with Crippen LogP contribution in [-0.2, 0) is 9.53 Å². The number of methoxy groups -OCH3 is 1. The molecular weight excluding hydrogens is 204 g/mol. The number of carbonyl (C=O) groups excluding carboxylic acids is 1. The topological polar surface area (TPSA) is 32.8 Å². The lowest BCUT2D eigenvalue weighted by Crippen LogP contribution is -2.27. The number of rotatable bonds is 4. The number of likely N-dealkylation sites (N-methyl/N-ethyl adjacent to an activating group) is 1. The van der Waals surface area contributed by atoms with Crippen molar-refractivity contribution in [3.05, 3.63) is 0 Å². The Morgan fingerprint density at radius 3 is 2.69 bits per heavy atom. The van der Waals surface area contributed by atoms with Crippen LogP contribution >= 0.6 is 0 Å². The van der Waals surface area contributed by atoms with Crippen molar-refractivity contribution in [2.75, 3.05) is 39.9 Å². The number of nitrogens with zero attached hydrogens (tertiary/aromatic N) is 2. The molecule has 0 radical (unpaired) electrons. The number of likely N-dealkylation sites (tertiary alicyclic amines) is 1. The van der Waals surface area contributed by atoms with Gasteiger partial charge in [-0.05, 0) is 19.8 Å². The van der Waals surface area contributed by atoms with Crippen molar-refractivity contribution < 1.29 is 9.53 Å². The minimum Gasteiger partial charge on any atom is -0.383 e. The van der Waals surface area contributed by atoms with E-state index in [1.165, 1.54) is 0 Å². The molecular formula is C12H20N2O2. The van der Waals surface area contributed by atoms with E-state index in [0.717, 1.165) is 39.0 Å². The van der Waals surface area contributed by atoms with Crippen LogP contribution in [-0.4, -0.2) is 55.6 Å². The van der Waals surface area contributed by atoms with Gasteiger partial charge in [0.15, 0.2) is 0 Å². The summed E-state index contributed by atoms with van der Waals surface area (Å²) in [7, 11) is 1.66. The Hall–Kier alpha value is -1.21. The van der Waals surface area contributed by atoms with Crippen LogP contribution in [0.5, 0.6) is 0 Å². The van der Waals surface area contributed by atoms with Crippen molar-refractivity contribution in [1.82, 2.24) is 9.80 Å². The summed E-state index contributed by atoms with van der Waals surface area (Å²) in [6.07, 6.45) is 2.21. The Morgan fingerprint density at radius 2 is 2.12 bits per heavy atom. The number of carbonyl (C=O) groups is 1. The van der Waals surface area contributed by atoms with Crippen LogP contribution in [0.4, 0.5) is 0 Å². The summed E-state index contributed by atoms with van der Waals surface area (Å²) in [5.74, 6) is 2.64. The Labute approximate surface area is 97.5 Å². The zero-order valence-electron chi connectivity index (χ0n) is 10.2. The fraction of sp³-hybridized carbons (Fsp3) is 0.750. The molecule has 0 aromatic rings. The van der Waals surface area contributed by atoms with Gasteiger partial charge in [-0.3, -0.25) is 4.79 Å². The molecule has 1 rings (SSSR count). The molecule has 0 N–H and O–H groups in total. The van der Waals surface area contributed by atoms with Crippen LogP contribution in [0.25, 0.3) is 0 Å². The highest BCUT2D eigenvalue weighted by Gasteiger charge is 2.15. The maximum atomic E-state index is 11.6. The standard InChI is InChI=1S/C12H20N2O2/c1-3-13(10-11-16-2)9-6-12(15)14-7-4-5-8-14/h3-5,7-8,10-11H2,1-2H3. The SMILES string of the molecule is CCN(C#CC(=O)N1CCCC1)CCOC. The third kappa shape index (κ3) is 4.11. The molecule has 0 bridgehead atoms. The van der Waals surface area contributed by atoms with Crippen molar-refractivity contribution >= 4 is 5.91 Å². The van der Waals surface area contributed by atoms with Crippen LogP contribution < -0.4 is 0 Å². The normalized spacial score (nSPS) is 14.5. The van der Waals surface area contributed by atoms with Crippen LogP contribution in [0, 0.1) is 12.0 Å². The molecule has 0 aromatic carbocycles. The van der Waals surface area contributed by atoms with E-state index < -0.39 is 0 Å². The van der Waals surface area contributed by atoms with Crippen LogP contribution in [0.15, 0.2) is 0 Å². The molecule has 1 aliphatic heterocycles. The number of hydrogen-bond acceptors (Lipinski definition) is 3. The zero-order valence-corrected chi connectivity index (χ0v) is 10.2. The first-order chi connectivity index (χ1) is 7.77. The molecule has 0 atom stereocenters. The minimum atomic E-state index is -0.0478. The molecule has 90 valence electrons. The van der Waals surface area contributed by atoms with Crippen LogP contribution in [0.2, 0.25) is 0 Å². The predicted octanol–water partition coefficient (Wildman–Crippen LogP) is 0.538. The van der Waals surface area contributed by atoms with Crippen LogP contribution in [0.3, 0.4) is 0 Å². The lowest BCUT2D eigenvalue weighted by molar-refractivity contribution is -0.124. The second kappa shape index (κ2) is 7.13. The Kier molecular flexibility index (Phi) is 5.73. The Bertz CT molecular complexity index is 274. The van der Waals surface area contributed by atoms with Crippen molar-refractivity contribution in [1.29, 1.82) is 0 Å². The molecule has 1 amide bonds. The summed E-state index contributed by atoms with van der Waals surface area (Å²) in [4.78, 5) is 15.4. The van der Waals surface area contributed by atoms with Gasteiger partial charge in [0, 0.05) is 45.3 Å². The average Bonchev–Trinajstić information content (AvgIpc) is 2.82. The fourth-order valence-corrected chi connectivity index (χ4v) is 1.62. The molecule has 0 saturated carbocycles. The second-order valence-corrected chi connectivity index (χ2v) is 3.81. The molecule has 16 heavy (non-hydrogen) atoms. The maximum absolute atomic E-state index is 11.6. The highest BCUT2D eigenvalue weighted by atomic mass is 16.5. The number of amides is 1. The molecule has 1 saturated heterocycles. The lowest BCUT2D eigenvalue weighted by Gasteiger charge is -2.14. The lowest BCUT2D eigenvalue weighted by atomic mass is 10.4. The molecule has 4 nitrogen and oxygen atoms in total. The van der Waals surface area contributed by atoms with Crippen molar-refractivity contribution in [2.24, 2.45) is 0 Å². The zero-order chi connectivity index (χ0) is 11.8. The van der Waals surface area contributed by atoms with Gasteiger partial charge in [-0.25, -0.2) is 0 Å². The molecule has 1 fully saturated rings. The molecule has 4 heteroatoms. The summed E-state index contributed by atoms with van der Waals surface area (Å²) in [5.41, 5.74) is 0. The van der Waals surface area contributed by atoms with Gasteiger partial charge in [-0.2, -0.15) is 0 Å². The van der Waals surface area contributed by atoms with Gasteiger partial charge in [0.25, 0.3) is 5.91 Å². The van der Waals surface area contributed by atoms with E-state index in [1.54, 1.807) is 7.11 Å². The van der Waals surface area contributed by atoms with Gasteiger partial charge in [0.2, 0.25) is 0 Å². The van der Waals surface area contributed by atoms with E-state index in [1.807, 2.05) is 16.7 Å². The molecule has 0 unspecified atom stereocenters. The molecule has 0 aromatic heterocycles. The first kappa shape index (κ1) is 12.9. The molecule has 1 aliphatic rings. The summed E-state index contributed by atoms with van der Waals surface area (Å²) in [5, 5.41) is 0. The van der Waals surface area contributed by atoms with Gasteiger partial charge < -0.3 is 14.5 Å². The fourth-order valence-electron chi connectivity index (χ4n) is 1.62. The van der Waals surface area contributed by atoms with Gasteiger partial charge in [-0.15, -0.1) is 0 Å². The van der Waals surface area contributed by atoms with Gasteiger partial charge in [-0.1, -0.05) is 0 Å². The Morgan fingerprint density at radius 1 is 1.44 bits per heavy atom. The van der Waals surface area contributed by atoms with E-state index in [2.05, 4.69) is 12.0 Å². The monoisotopic (exact) mass is 224 g/mol. The van der Waals surface area contributed by atoms with E-state index in [4.69, 9.17) is 4.74 Å². The third-order valence-corrected chi connectivity index (χ3v) is 2.66. The average molecular weight is 224 g/mol. The number of hydrogen-bond donors (Lipinski definition) is 0. The second-order valence-electron chi connectivity index (χ2n) is 3.81. The van der Waals surface area contributed by atoms with Crippen molar-refractivity contribution in [3.63, 3.8) is 0 Å². The Balaban J connectivity index is 2.40. The third-order valence-electron chi connectivity index (χ3n) is 2.66. The number of ether oxygens (including phenoxy) is 1. The van der Waals surface area contributed by atoms with Gasteiger partial charge in [0.05, 0.1) is 6.61 Å². The molecule has 1 heterocycles. The summed E-state index contributed by atoms with van der Waals surface area (Å²) in [6, 6.07) is 2.89. The first-order valence-electron chi connectivity index (χ1n) is 5.82. The summed E-state index contributed by atoms with van der Waals surface area (Å²) < 4.78 is 4.98. The van der Waals surface area contributed by atoms with E-state index in [0.29, 0.717) is 6.61 Å². The van der Waals surface area contributed by atoms with Gasteiger partial charge >= 0.3 is 0 Å². The minimum absolute atomic E-state index is 0.0478. The van der Waals surface area contributed by atoms with E-state index in [-0.39, 0.29) is 5.91 Å². The summed E-state index contributed by atoms with van der Waals surface area (Å²) in [6.45, 7) is 5.93. The quantitative estimate of drug-likeness (QED) is 0.516. The van der Waals surface area contributed by atoms with Crippen LogP contribution in [0.1, 0.15) is 19.8 Å². The van der Waals surface area contributed by atoms with Crippen molar-refractivity contribution in [2.45, 2.75) is 19.8 Å². The maximum Gasteiger partial charge on any atom is 0.300 e. The highest BCUT2D eigenvalue weighted by Crippen LogP contribution is 2.06. The van der Waals surface area contributed by atoms with E-state index in [9.17, 15) is 4.79 Å². The molecule has 0 spiro atoms. The predicted molar refractivity (Wildman–Crippen MR) is 62.7 cm³/mol. The highest BCUT2D eigenvalue weighted by molar-refractivity contribution is 5.93.